The van der Waals surface area contributed by atoms with E-state index in [-0.39, 0.29) is 6.42 Å². The van der Waals surface area contributed by atoms with E-state index in [4.69, 9.17) is 10.2 Å². The van der Waals surface area contributed by atoms with Crippen LogP contribution in [0.25, 0.3) is 0 Å². The molecule has 1 aromatic heterocycles. The molecule has 8 nitrogen and oxygen atoms in total. The Balaban J connectivity index is 2.58. The summed E-state index contributed by atoms with van der Waals surface area (Å²) in [5.74, 6) is -3.40. The Morgan fingerprint density at radius 2 is 2.12 bits per heavy atom. The predicted octanol–water partition coefficient (Wildman–Crippen LogP) is -1.00. The van der Waals surface area contributed by atoms with E-state index in [0.29, 0.717) is 5.69 Å². The van der Waals surface area contributed by atoms with Crippen LogP contribution in [-0.2, 0) is 20.8 Å². The number of hydrogen-bond donors (Lipinski definition) is 4. The van der Waals surface area contributed by atoms with Crippen LogP contribution in [0.2, 0.25) is 0 Å². The first-order valence-electron chi connectivity index (χ1n) is 4.70. The van der Waals surface area contributed by atoms with Crippen LogP contribution in [-0.4, -0.2) is 44.1 Å². The molecule has 1 heterocycles. The molecular weight excluding hydrogens is 230 g/mol. The Kier molecular flexibility index (Phi) is 4.21. The van der Waals surface area contributed by atoms with E-state index in [1.54, 1.807) is 0 Å². The van der Waals surface area contributed by atoms with Gasteiger partial charge in [0.25, 0.3) is 0 Å². The van der Waals surface area contributed by atoms with E-state index in [0.717, 1.165) is 0 Å². The number of carboxylic acids is 2. The zero-order valence-corrected chi connectivity index (χ0v) is 8.71. The maximum atomic E-state index is 11.1. The molecule has 0 saturated carbocycles. The summed E-state index contributed by atoms with van der Waals surface area (Å²) in [4.78, 5) is 38.7. The van der Waals surface area contributed by atoms with Crippen molar-refractivity contribution in [2.24, 2.45) is 0 Å². The first-order chi connectivity index (χ1) is 7.99. The fourth-order valence-corrected chi connectivity index (χ4v) is 1.19. The molecule has 0 bridgehead atoms. The molecule has 0 fully saturated rings. The Hall–Kier alpha value is -2.38. The van der Waals surface area contributed by atoms with Gasteiger partial charge >= 0.3 is 11.9 Å². The van der Waals surface area contributed by atoms with Crippen LogP contribution in [0.15, 0.2) is 12.5 Å². The third-order valence-electron chi connectivity index (χ3n) is 1.91. The number of carbonyl (C=O) groups excluding carboxylic acids is 1. The lowest BCUT2D eigenvalue weighted by Crippen LogP contribution is -2.43. The average Bonchev–Trinajstić information content (AvgIpc) is 2.67. The van der Waals surface area contributed by atoms with Crippen LogP contribution < -0.4 is 5.32 Å². The Morgan fingerprint density at radius 3 is 2.59 bits per heavy atom. The number of hydrogen-bond acceptors (Lipinski definition) is 4. The van der Waals surface area contributed by atoms with Gasteiger partial charge in [0.05, 0.1) is 12.0 Å². The molecule has 0 aliphatic carbocycles. The molecule has 0 aliphatic heterocycles. The normalized spacial score (nSPS) is 11.8. The number of carboxylic acid groups (broad SMARTS) is 2. The third-order valence-corrected chi connectivity index (χ3v) is 1.91. The molecule has 0 aliphatic rings. The number of amides is 1. The van der Waals surface area contributed by atoms with Gasteiger partial charge in [0.2, 0.25) is 5.91 Å². The lowest BCUT2D eigenvalue weighted by Gasteiger charge is -2.12. The highest BCUT2D eigenvalue weighted by molar-refractivity contribution is 5.95. The van der Waals surface area contributed by atoms with Crippen molar-refractivity contribution in [3.8, 4) is 0 Å². The minimum absolute atomic E-state index is 0.00973. The molecule has 17 heavy (non-hydrogen) atoms. The summed E-state index contributed by atoms with van der Waals surface area (Å²) in [6.45, 7) is 0. The minimum Gasteiger partial charge on any atom is -0.481 e. The molecule has 8 heteroatoms. The van der Waals surface area contributed by atoms with Crippen LogP contribution in [0.3, 0.4) is 0 Å². The summed E-state index contributed by atoms with van der Waals surface area (Å²) in [6, 6.07) is -1.19. The lowest BCUT2D eigenvalue weighted by atomic mass is 10.1. The van der Waals surface area contributed by atoms with E-state index in [9.17, 15) is 14.4 Å². The second-order valence-electron chi connectivity index (χ2n) is 3.29. The summed E-state index contributed by atoms with van der Waals surface area (Å²) in [6.07, 6.45) is 2.11. The van der Waals surface area contributed by atoms with E-state index in [1.807, 2.05) is 0 Å². The topological polar surface area (TPSA) is 132 Å². The van der Waals surface area contributed by atoms with Crippen LogP contribution in [0, 0.1) is 0 Å². The number of nitrogens with one attached hydrogen (secondary N) is 2. The zero-order valence-electron chi connectivity index (χ0n) is 8.71. The van der Waals surface area contributed by atoms with E-state index in [1.165, 1.54) is 12.5 Å². The van der Waals surface area contributed by atoms with Crippen LogP contribution >= 0.6 is 0 Å². The van der Waals surface area contributed by atoms with Crippen LogP contribution in [0.5, 0.6) is 0 Å². The van der Waals surface area contributed by atoms with Crippen LogP contribution in [0.4, 0.5) is 0 Å². The number of aromatic amines is 1. The molecule has 0 spiro atoms. The first-order valence-corrected chi connectivity index (χ1v) is 4.70. The summed E-state index contributed by atoms with van der Waals surface area (Å²) < 4.78 is 0. The van der Waals surface area contributed by atoms with Crippen molar-refractivity contribution < 1.29 is 24.6 Å². The Labute approximate surface area is 95.7 Å². The quantitative estimate of drug-likeness (QED) is 0.472. The molecular formula is C9H11N3O5. The zero-order chi connectivity index (χ0) is 12.8. The van der Waals surface area contributed by atoms with E-state index < -0.39 is 30.3 Å². The summed E-state index contributed by atoms with van der Waals surface area (Å²) >= 11 is 0. The van der Waals surface area contributed by atoms with E-state index >= 15 is 0 Å². The SMILES string of the molecule is O=C(O)CC(=O)N[C@@H](Cc1c[nH]cn1)C(=O)O. The number of rotatable bonds is 6. The molecule has 0 unspecified atom stereocenters. The Bertz CT molecular complexity index is 414. The molecule has 1 amide bonds. The van der Waals surface area contributed by atoms with Crippen molar-refractivity contribution in [3.05, 3.63) is 18.2 Å². The molecule has 1 aromatic rings. The number of aromatic nitrogens is 2. The summed E-state index contributed by atoms with van der Waals surface area (Å²) in [5, 5.41) is 19.3. The number of imidazole rings is 1. The van der Waals surface area contributed by atoms with Gasteiger partial charge in [-0.2, -0.15) is 0 Å². The van der Waals surface area contributed by atoms with Crippen molar-refractivity contribution in [3.63, 3.8) is 0 Å². The maximum Gasteiger partial charge on any atom is 0.326 e. The summed E-state index contributed by atoms with van der Waals surface area (Å²) in [7, 11) is 0. The number of aliphatic carboxylic acids is 2. The van der Waals surface area contributed by atoms with Crippen molar-refractivity contribution in [2.45, 2.75) is 18.9 Å². The monoisotopic (exact) mass is 241 g/mol. The number of carbonyl (C=O) groups is 3. The second-order valence-corrected chi connectivity index (χ2v) is 3.29. The highest BCUT2D eigenvalue weighted by atomic mass is 16.4. The molecule has 92 valence electrons. The number of H-pyrrole nitrogens is 1. The fraction of sp³-hybridized carbons (Fsp3) is 0.333. The van der Waals surface area contributed by atoms with Gasteiger partial charge in [-0.15, -0.1) is 0 Å². The maximum absolute atomic E-state index is 11.1. The molecule has 1 atom stereocenters. The smallest absolute Gasteiger partial charge is 0.326 e. The van der Waals surface area contributed by atoms with Gasteiger partial charge in [0, 0.05) is 12.6 Å². The Morgan fingerprint density at radius 1 is 1.41 bits per heavy atom. The molecule has 1 rings (SSSR count). The second kappa shape index (κ2) is 5.64. The van der Waals surface area contributed by atoms with Gasteiger partial charge in [-0.25, -0.2) is 9.78 Å². The molecule has 0 saturated heterocycles. The van der Waals surface area contributed by atoms with Crippen LogP contribution in [0.1, 0.15) is 12.1 Å². The first kappa shape index (κ1) is 12.7. The van der Waals surface area contributed by atoms with Crippen molar-refractivity contribution in [1.29, 1.82) is 0 Å². The largest absolute Gasteiger partial charge is 0.481 e. The highest BCUT2D eigenvalue weighted by Gasteiger charge is 2.22. The van der Waals surface area contributed by atoms with Gasteiger partial charge in [-0.05, 0) is 0 Å². The fourth-order valence-electron chi connectivity index (χ4n) is 1.19. The van der Waals surface area contributed by atoms with E-state index in [2.05, 4.69) is 15.3 Å². The molecule has 4 N–H and O–H groups in total. The van der Waals surface area contributed by atoms with Crippen molar-refractivity contribution in [1.82, 2.24) is 15.3 Å². The van der Waals surface area contributed by atoms with Crippen molar-refractivity contribution in [2.75, 3.05) is 0 Å². The standard InChI is InChI=1S/C9H11N3O5/c13-7(2-8(14)15)12-6(9(16)17)1-5-3-10-4-11-5/h3-4,6H,1-2H2,(H,10,11)(H,12,13)(H,14,15)(H,16,17)/t6-/m0/s1. The summed E-state index contributed by atoms with van der Waals surface area (Å²) in [5.41, 5.74) is 0.466. The van der Waals surface area contributed by atoms with Gasteiger partial charge < -0.3 is 20.5 Å². The third kappa shape index (κ3) is 4.33. The predicted molar refractivity (Wildman–Crippen MR) is 54.1 cm³/mol. The average molecular weight is 241 g/mol. The lowest BCUT2D eigenvalue weighted by molar-refractivity contribution is -0.145. The van der Waals surface area contributed by atoms with Gasteiger partial charge in [0.15, 0.2) is 0 Å². The highest BCUT2D eigenvalue weighted by Crippen LogP contribution is 1.99. The van der Waals surface area contributed by atoms with Gasteiger partial charge in [-0.1, -0.05) is 0 Å². The van der Waals surface area contributed by atoms with Gasteiger partial charge in [-0.3, -0.25) is 9.59 Å². The van der Waals surface area contributed by atoms with Crippen molar-refractivity contribution >= 4 is 17.8 Å². The minimum atomic E-state index is -1.31. The van der Waals surface area contributed by atoms with Gasteiger partial charge in [0.1, 0.15) is 12.5 Å². The molecule has 0 aromatic carbocycles. The molecule has 0 radical (unpaired) electrons. The number of nitrogens with zero attached hydrogens (tertiary/aromatic N) is 1.